The zero-order valence-corrected chi connectivity index (χ0v) is 8.01. The Balaban J connectivity index is 1.94. The van der Waals surface area contributed by atoms with Crippen LogP contribution in [0.1, 0.15) is 38.5 Å². The van der Waals surface area contributed by atoms with E-state index < -0.39 is 0 Å². The van der Waals surface area contributed by atoms with E-state index in [-0.39, 0.29) is 5.91 Å². The molecular weight excluding hydrogens is 162 g/mol. The van der Waals surface area contributed by atoms with Gasteiger partial charge in [-0.3, -0.25) is 4.79 Å². The molecule has 1 rings (SSSR count). The summed E-state index contributed by atoms with van der Waals surface area (Å²) in [6, 6.07) is 0. The molecule has 0 unspecified atom stereocenters. The van der Waals surface area contributed by atoms with Gasteiger partial charge in [0.2, 0.25) is 5.91 Å². The van der Waals surface area contributed by atoms with Crippen LogP contribution in [0, 0.1) is 18.3 Å². The van der Waals surface area contributed by atoms with Crippen molar-refractivity contribution in [3.8, 4) is 12.3 Å². The van der Waals surface area contributed by atoms with Gasteiger partial charge in [0.15, 0.2) is 0 Å². The summed E-state index contributed by atoms with van der Waals surface area (Å²) in [6.07, 6.45) is 11.2. The average Bonchev–Trinajstić information content (AvgIpc) is 2.06. The maximum atomic E-state index is 11.2. The smallest absolute Gasteiger partial charge is 0.220 e. The minimum absolute atomic E-state index is 0.196. The van der Waals surface area contributed by atoms with E-state index in [2.05, 4.69) is 11.2 Å². The summed E-state index contributed by atoms with van der Waals surface area (Å²) in [6.45, 7) is 0.732. The van der Waals surface area contributed by atoms with Crippen LogP contribution in [0.5, 0.6) is 0 Å². The number of carbonyl (C=O) groups is 1. The molecule has 0 aliphatic heterocycles. The lowest BCUT2D eigenvalue weighted by atomic mass is 9.83. The molecule has 0 heterocycles. The summed E-state index contributed by atoms with van der Waals surface area (Å²) in [7, 11) is 0. The molecule has 0 spiro atoms. The lowest BCUT2D eigenvalue weighted by Gasteiger charge is -2.24. The number of rotatable bonds is 5. The van der Waals surface area contributed by atoms with E-state index in [4.69, 9.17) is 6.42 Å². The van der Waals surface area contributed by atoms with Crippen LogP contribution in [0.25, 0.3) is 0 Å². The highest BCUT2D eigenvalue weighted by atomic mass is 16.1. The Morgan fingerprint density at radius 3 is 2.85 bits per heavy atom. The fraction of sp³-hybridized carbons (Fsp3) is 0.727. The summed E-state index contributed by atoms with van der Waals surface area (Å²) in [5, 5.41) is 2.88. The molecule has 1 N–H and O–H groups in total. The number of nitrogens with one attached hydrogen (secondary N) is 1. The molecule has 1 fully saturated rings. The molecule has 1 aliphatic carbocycles. The van der Waals surface area contributed by atoms with Crippen molar-refractivity contribution in [1.82, 2.24) is 5.32 Å². The van der Waals surface area contributed by atoms with Gasteiger partial charge in [-0.2, -0.15) is 0 Å². The van der Waals surface area contributed by atoms with E-state index in [0.717, 1.165) is 25.8 Å². The number of terminal acetylenes is 1. The van der Waals surface area contributed by atoms with E-state index in [1.807, 2.05) is 0 Å². The number of amides is 1. The summed E-state index contributed by atoms with van der Waals surface area (Å²) in [5.41, 5.74) is 0. The van der Waals surface area contributed by atoms with Crippen LogP contribution in [0.15, 0.2) is 0 Å². The zero-order valence-electron chi connectivity index (χ0n) is 8.01. The fourth-order valence-electron chi connectivity index (χ4n) is 1.45. The number of carbonyl (C=O) groups excluding carboxylic acids is 1. The second-order valence-corrected chi connectivity index (χ2v) is 3.66. The van der Waals surface area contributed by atoms with Crippen molar-refractivity contribution in [2.45, 2.75) is 38.5 Å². The normalized spacial score (nSPS) is 15.9. The van der Waals surface area contributed by atoms with E-state index in [0.29, 0.717) is 5.92 Å². The predicted octanol–water partition coefficient (Wildman–Crippen LogP) is 1.71. The molecule has 1 amide bonds. The van der Waals surface area contributed by atoms with E-state index in [1.165, 1.54) is 19.3 Å². The van der Waals surface area contributed by atoms with Crippen LogP contribution < -0.4 is 5.32 Å². The fourth-order valence-corrected chi connectivity index (χ4v) is 1.45. The van der Waals surface area contributed by atoms with Crippen molar-refractivity contribution in [2.75, 3.05) is 6.54 Å². The minimum atomic E-state index is 0.196. The first-order valence-electron chi connectivity index (χ1n) is 5.03. The monoisotopic (exact) mass is 179 g/mol. The highest BCUT2D eigenvalue weighted by molar-refractivity contribution is 5.76. The summed E-state index contributed by atoms with van der Waals surface area (Å²) in [4.78, 5) is 11.2. The van der Waals surface area contributed by atoms with Crippen molar-refractivity contribution in [2.24, 2.45) is 5.92 Å². The lowest BCUT2D eigenvalue weighted by molar-refractivity contribution is -0.122. The van der Waals surface area contributed by atoms with Gasteiger partial charge < -0.3 is 5.32 Å². The molecule has 2 nitrogen and oxygen atoms in total. The molecule has 0 bridgehead atoms. The van der Waals surface area contributed by atoms with Gasteiger partial charge in [0, 0.05) is 19.4 Å². The SMILES string of the molecule is C#CCCCNC(=O)CC1CCC1. The van der Waals surface area contributed by atoms with Gasteiger partial charge in [0.25, 0.3) is 0 Å². The van der Waals surface area contributed by atoms with E-state index in [9.17, 15) is 4.79 Å². The molecule has 0 aromatic heterocycles. The lowest BCUT2D eigenvalue weighted by Crippen LogP contribution is -2.28. The van der Waals surface area contributed by atoms with Crippen molar-refractivity contribution < 1.29 is 4.79 Å². The second kappa shape index (κ2) is 5.64. The Kier molecular flexibility index (Phi) is 4.39. The van der Waals surface area contributed by atoms with Crippen molar-refractivity contribution in [1.29, 1.82) is 0 Å². The van der Waals surface area contributed by atoms with Gasteiger partial charge in [-0.25, -0.2) is 0 Å². The Labute approximate surface area is 80.1 Å². The molecular formula is C11H17NO. The average molecular weight is 179 g/mol. The molecule has 1 saturated carbocycles. The minimum Gasteiger partial charge on any atom is -0.356 e. The maximum Gasteiger partial charge on any atom is 0.220 e. The molecule has 0 radical (unpaired) electrons. The van der Waals surface area contributed by atoms with Crippen molar-refractivity contribution in [3.05, 3.63) is 0 Å². The van der Waals surface area contributed by atoms with Gasteiger partial charge in [-0.1, -0.05) is 6.42 Å². The van der Waals surface area contributed by atoms with Crippen LogP contribution in [-0.4, -0.2) is 12.5 Å². The number of unbranched alkanes of at least 4 members (excludes halogenated alkanes) is 1. The Morgan fingerprint density at radius 2 is 2.31 bits per heavy atom. The van der Waals surface area contributed by atoms with Crippen LogP contribution in [0.2, 0.25) is 0 Å². The Hall–Kier alpha value is -0.970. The zero-order chi connectivity index (χ0) is 9.52. The van der Waals surface area contributed by atoms with Gasteiger partial charge in [0.1, 0.15) is 0 Å². The topological polar surface area (TPSA) is 29.1 Å². The van der Waals surface area contributed by atoms with Gasteiger partial charge in [0.05, 0.1) is 0 Å². The molecule has 2 heteroatoms. The Bertz CT molecular complexity index is 201. The van der Waals surface area contributed by atoms with Crippen LogP contribution >= 0.6 is 0 Å². The molecule has 1 aliphatic rings. The van der Waals surface area contributed by atoms with Gasteiger partial charge in [-0.05, 0) is 25.2 Å². The largest absolute Gasteiger partial charge is 0.356 e. The predicted molar refractivity (Wildman–Crippen MR) is 53.0 cm³/mol. The third-order valence-corrected chi connectivity index (χ3v) is 2.52. The quantitative estimate of drug-likeness (QED) is 0.505. The second-order valence-electron chi connectivity index (χ2n) is 3.66. The summed E-state index contributed by atoms with van der Waals surface area (Å²) >= 11 is 0. The molecule has 0 aromatic rings. The molecule has 0 atom stereocenters. The van der Waals surface area contributed by atoms with Crippen LogP contribution in [-0.2, 0) is 4.79 Å². The van der Waals surface area contributed by atoms with Crippen LogP contribution in [0.3, 0.4) is 0 Å². The summed E-state index contributed by atoms with van der Waals surface area (Å²) in [5.74, 6) is 3.41. The molecule has 0 aromatic carbocycles. The van der Waals surface area contributed by atoms with E-state index >= 15 is 0 Å². The number of hydrogen-bond acceptors (Lipinski definition) is 1. The molecule has 0 saturated heterocycles. The first-order chi connectivity index (χ1) is 6.33. The van der Waals surface area contributed by atoms with Crippen LogP contribution in [0.4, 0.5) is 0 Å². The van der Waals surface area contributed by atoms with Gasteiger partial charge >= 0.3 is 0 Å². The molecule has 13 heavy (non-hydrogen) atoms. The Morgan fingerprint density at radius 1 is 1.54 bits per heavy atom. The first kappa shape index (κ1) is 10.1. The third kappa shape index (κ3) is 3.98. The third-order valence-electron chi connectivity index (χ3n) is 2.52. The van der Waals surface area contributed by atoms with Crippen molar-refractivity contribution >= 4 is 5.91 Å². The van der Waals surface area contributed by atoms with Gasteiger partial charge in [-0.15, -0.1) is 12.3 Å². The van der Waals surface area contributed by atoms with Crippen molar-refractivity contribution in [3.63, 3.8) is 0 Å². The first-order valence-corrected chi connectivity index (χ1v) is 5.03. The molecule has 72 valence electrons. The van der Waals surface area contributed by atoms with E-state index in [1.54, 1.807) is 0 Å². The maximum absolute atomic E-state index is 11.2. The highest BCUT2D eigenvalue weighted by Gasteiger charge is 2.19. The highest BCUT2D eigenvalue weighted by Crippen LogP contribution is 2.28. The standard InChI is InChI=1S/C11H17NO/c1-2-3-4-8-12-11(13)9-10-6-5-7-10/h1,10H,3-9H2,(H,12,13). The number of hydrogen-bond donors (Lipinski definition) is 1. The summed E-state index contributed by atoms with van der Waals surface area (Å²) < 4.78 is 0.